The third-order valence-electron chi connectivity index (χ3n) is 6.61. The normalized spacial score (nSPS) is 17.2. The number of nitrogens with zero attached hydrogens (tertiary/aromatic N) is 1. The zero-order valence-electron chi connectivity index (χ0n) is 19.2. The summed E-state index contributed by atoms with van der Waals surface area (Å²) in [4.78, 5) is 12.9. The molecule has 178 valence electrons. The Morgan fingerprint density at radius 1 is 1.03 bits per heavy atom. The maximum Gasteiger partial charge on any atom is 0.243 e. The van der Waals surface area contributed by atoms with E-state index in [9.17, 15) is 13.2 Å². The number of sulfonamides is 1. The van der Waals surface area contributed by atoms with Crippen LogP contribution in [0.5, 0.6) is 11.5 Å². The standard InChI is InChI=1S/C24H30N2O6S/c1-17-4-6-20(12-18(17)2)33(28,29)26(3)14-23(27)25-15-24(8-10-30-11-9-24)19-5-7-21-22(13-19)32-16-31-21/h4-7,12-13H,8-11,14-16H2,1-3H3,(H,25,27). The molecule has 2 heterocycles. The van der Waals surface area contributed by atoms with Crippen molar-refractivity contribution in [1.29, 1.82) is 0 Å². The third kappa shape index (κ3) is 4.85. The van der Waals surface area contributed by atoms with E-state index in [4.69, 9.17) is 14.2 Å². The van der Waals surface area contributed by atoms with E-state index in [1.54, 1.807) is 18.2 Å². The van der Waals surface area contributed by atoms with Gasteiger partial charge in [-0.2, -0.15) is 4.31 Å². The van der Waals surface area contributed by atoms with Crippen molar-refractivity contribution in [3.8, 4) is 11.5 Å². The predicted octanol–water partition coefficient (Wildman–Crippen LogP) is 2.52. The molecule has 1 amide bonds. The molecule has 0 atom stereocenters. The molecule has 2 aliphatic rings. The lowest BCUT2D eigenvalue weighted by Crippen LogP contribution is -2.47. The first kappa shape index (κ1) is 23.5. The van der Waals surface area contributed by atoms with Gasteiger partial charge in [0.15, 0.2) is 11.5 Å². The van der Waals surface area contributed by atoms with Gasteiger partial charge in [-0.1, -0.05) is 12.1 Å². The Morgan fingerprint density at radius 2 is 1.76 bits per heavy atom. The van der Waals surface area contributed by atoms with Crippen LogP contribution in [0.4, 0.5) is 0 Å². The van der Waals surface area contributed by atoms with Crippen molar-refractivity contribution in [1.82, 2.24) is 9.62 Å². The van der Waals surface area contributed by atoms with E-state index in [2.05, 4.69) is 5.32 Å². The number of hydrogen-bond donors (Lipinski definition) is 1. The molecule has 0 aromatic heterocycles. The fourth-order valence-electron chi connectivity index (χ4n) is 4.22. The largest absolute Gasteiger partial charge is 0.454 e. The minimum absolute atomic E-state index is 0.183. The van der Waals surface area contributed by atoms with Crippen LogP contribution in [0.2, 0.25) is 0 Å². The molecule has 1 saturated heterocycles. The Kier molecular flexibility index (Phi) is 6.65. The van der Waals surface area contributed by atoms with Gasteiger partial charge in [0.2, 0.25) is 22.7 Å². The number of aryl methyl sites for hydroxylation is 2. The highest BCUT2D eigenvalue weighted by Gasteiger charge is 2.36. The molecule has 9 heteroatoms. The number of fused-ring (bicyclic) bond motifs is 1. The van der Waals surface area contributed by atoms with Crippen LogP contribution in [0, 0.1) is 13.8 Å². The summed E-state index contributed by atoms with van der Waals surface area (Å²) in [6.07, 6.45) is 1.48. The minimum atomic E-state index is -3.77. The first-order valence-corrected chi connectivity index (χ1v) is 12.4. The van der Waals surface area contributed by atoms with Crippen molar-refractivity contribution in [2.75, 3.05) is 40.1 Å². The average molecular weight is 475 g/mol. The molecule has 2 aromatic rings. The molecule has 1 N–H and O–H groups in total. The number of carbonyl (C=O) groups is 1. The van der Waals surface area contributed by atoms with Gasteiger partial charge in [-0.05, 0) is 67.6 Å². The van der Waals surface area contributed by atoms with Crippen LogP contribution >= 0.6 is 0 Å². The number of carbonyl (C=O) groups excluding carboxylic acids is 1. The van der Waals surface area contributed by atoms with Gasteiger partial charge in [0.05, 0.1) is 11.4 Å². The van der Waals surface area contributed by atoms with Crippen LogP contribution in [0.25, 0.3) is 0 Å². The van der Waals surface area contributed by atoms with Gasteiger partial charge >= 0.3 is 0 Å². The number of rotatable bonds is 7. The lowest BCUT2D eigenvalue weighted by atomic mass is 9.74. The molecular weight excluding hydrogens is 444 g/mol. The van der Waals surface area contributed by atoms with Crippen LogP contribution in [0.3, 0.4) is 0 Å². The second-order valence-electron chi connectivity index (χ2n) is 8.74. The monoisotopic (exact) mass is 474 g/mol. The number of nitrogens with one attached hydrogen (secondary N) is 1. The zero-order chi connectivity index (χ0) is 23.6. The summed E-state index contributed by atoms with van der Waals surface area (Å²) in [6.45, 7) is 5.29. The molecule has 33 heavy (non-hydrogen) atoms. The highest BCUT2D eigenvalue weighted by atomic mass is 32.2. The number of benzene rings is 2. The van der Waals surface area contributed by atoms with Crippen molar-refractivity contribution in [2.24, 2.45) is 0 Å². The molecular formula is C24H30N2O6S. The molecule has 4 rings (SSSR count). The molecule has 0 aliphatic carbocycles. The fourth-order valence-corrected chi connectivity index (χ4v) is 5.43. The second-order valence-corrected chi connectivity index (χ2v) is 10.8. The van der Waals surface area contributed by atoms with Gasteiger partial charge < -0.3 is 19.5 Å². The van der Waals surface area contributed by atoms with Crippen LogP contribution in [-0.4, -0.2) is 58.8 Å². The van der Waals surface area contributed by atoms with Crippen molar-refractivity contribution in [3.63, 3.8) is 0 Å². The van der Waals surface area contributed by atoms with Crippen LogP contribution in [-0.2, 0) is 25.0 Å². The van der Waals surface area contributed by atoms with Gasteiger partial charge in [-0.25, -0.2) is 8.42 Å². The van der Waals surface area contributed by atoms with E-state index >= 15 is 0 Å². The smallest absolute Gasteiger partial charge is 0.243 e. The Labute approximate surface area is 194 Å². The molecule has 1 fully saturated rings. The van der Waals surface area contributed by atoms with Gasteiger partial charge in [-0.3, -0.25) is 4.79 Å². The zero-order valence-corrected chi connectivity index (χ0v) is 20.0. The number of amides is 1. The summed E-state index contributed by atoms with van der Waals surface area (Å²) in [7, 11) is -2.35. The van der Waals surface area contributed by atoms with Gasteiger partial charge in [0.1, 0.15) is 0 Å². The van der Waals surface area contributed by atoms with Crippen LogP contribution in [0.1, 0.15) is 29.5 Å². The summed E-state index contributed by atoms with van der Waals surface area (Å²) < 4.78 is 43.5. The van der Waals surface area contributed by atoms with Crippen molar-refractivity contribution in [3.05, 3.63) is 53.1 Å². The third-order valence-corrected chi connectivity index (χ3v) is 8.41. The van der Waals surface area contributed by atoms with E-state index in [1.165, 1.54) is 7.05 Å². The molecule has 0 bridgehead atoms. The molecule has 2 aromatic carbocycles. The summed E-state index contributed by atoms with van der Waals surface area (Å²) in [5, 5.41) is 2.96. The van der Waals surface area contributed by atoms with Crippen molar-refractivity contribution >= 4 is 15.9 Å². The van der Waals surface area contributed by atoms with E-state index in [0.29, 0.717) is 31.3 Å². The second kappa shape index (κ2) is 9.32. The Bertz CT molecular complexity index is 1140. The highest BCUT2D eigenvalue weighted by molar-refractivity contribution is 7.89. The lowest BCUT2D eigenvalue weighted by molar-refractivity contribution is -0.121. The first-order chi connectivity index (χ1) is 15.7. The van der Waals surface area contributed by atoms with Gasteiger partial charge in [0, 0.05) is 32.2 Å². The minimum Gasteiger partial charge on any atom is -0.454 e. The molecule has 0 spiro atoms. The summed E-state index contributed by atoms with van der Waals surface area (Å²) in [5.41, 5.74) is 2.63. The lowest BCUT2D eigenvalue weighted by Gasteiger charge is -2.38. The average Bonchev–Trinajstić information content (AvgIpc) is 3.28. The number of ether oxygens (including phenoxy) is 3. The summed E-state index contributed by atoms with van der Waals surface area (Å²) in [6, 6.07) is 10.8. The van der Waals surface area contributed by atoms with Crippen LogP contribution in [0.15, 0.2) is 41.3 Å². The van der Waals surface area contributed by atoms with E-state index < -0.39 is 10.0 Å². The molecule has 0 radical (unpaired) electrons. The van der Waals surface area contributed by atoms with Gasteiger partial charge in [-0.15, -0.1) is 0 Å². The quantitative estimate of drug-likeness (QED) is 0.663. The Morgan fingerprint density at radius 3 is 2.48 bits per heavy atom. The molecule has 2 aliphatic heterocycles. The highest BCUT2D eigenvalue weighted by Crippen LogP contribution is 2.40. The molecule has 0 unspecified atom stereocenters. The topological polar surface area (TPSA) is 94.2 Å². The first-order valence-electron chi connectivity index (χ1n) is 11.0. The maximum atomic E-state index is 12.9. The maximum absolute atomic E-state index is 12.9. The van der Waals surface area contributed by atoms with E-state index in [0.717, 1.165) is 33.8 Å². The Hall–Kier alpha value is -2.62. The summed E-state index contributed by atoms with van der Waals surface area (Å²) in [5.74, 6) is 1.06. The van der Waals surface area contributed by atoms with Gasteiger partial charge in [0.25, 0.3) is 0 Å². The fraction of sp³-hybridized carbons (Fsp3) is 0.458. The molecule has 8 nitrogen and oxygen atoms in total. The Balaban J connectivity index is 1.45. The van der Waals surface area contributed by atoms with Crippen molar-refractivity contribution in [2.45, 2.75) is 37.0 Å². The van der Waals surface area contributed by atoms with E-state index in [-0.39, 0.29) is 29.6 Å². The SMILES string of the molecule is Cc1ccc(S(=O)(=O)N(C)CC(=O)NCC2(c3ccc4c(c3)OCO4)CCOCC2)cc1C. The van der Waals surface area contributed by atoms with Crippen molar-refractivity contribution < 1.29 is 27.4 Å². The van der Waals surface area contributed by atoms with Crippen LogP contribution < -0.4 is 14.8 Å². The summed E-state index contributed by atoms with van der Waals surface area (Å²) >= 11 is 0. The van der Waals surface area contributed by atoms with E-state index in [1.807, 2.05) is 32.0 Å². The number of likely N-dealkylation sites (N-methyl/N-ethyl adjacent to an activating group) is 1. The number of hydrogen-bond acceptors (Lipinski definition) is 6. The predicted molar refractivity (Wildman–Crippen MR) is 123 cm³/mol. The molecule has 0 saturated carbocycles.